The summed E-state index contributed by atoms with van der Waals surface area (Å²) < 4.78 is 34.3. The van der Waals surface area contributed by atoms with Crippen LogP contribution in [0.1, 0.15) is 70.2 Å². The van der Waals surface area contributed by atoms with Crippen molar-refractivity contribution in [3.8, 4) is 22.3 Å². The van der Waals surface area contributed by atoms with Crippen LogP contribution in [-0.2, 0) is 34.2 Å². The summed E-state index contributed by atoms with van der Waals surface area (Å²) in [7, 11) is -2.49. The predicted octanol–water partition coefficient (Wildman–Crippen LogP) is 8.87. The van der Waals surface area contributed by atoms with E-state index in [2.05, 4.69) is 192 Å². The molecule has 0 spiro atoms. The molecule has 6 aromatic carbocycles. The van der Waals surface area contributed by atoms with Crippen molar-refractivity contribution in [2.24, 2.45) is 0 Å². The van der Waals surface area contributed by atoms with Crippen LogP contribution in [0.2, 0.25) is 51.9 Å². The summed E-state index contributed by atoms with van der Waals surface area (Å²) in [4.78, 5) is 0. The summed E-state index contributed by atoms with van der Waals surface area (Å²) in [5.41, 5.74) is 10.9. The van der Waals surface area contributed by atoms with Gasteiger partial charge in [-0.3, -0.25) is 0 Å². The van der Waals surface area contributed by atoms with Crippen molar-refractivity contribution in [2.45, 2.75) is 131 Å². The van der Waals surface area contributed by atoms with Gasteiger partial charge in [-0.2, -0.15) is 11.1 Å². The first-order chi connectivity index (χ1) is 26.1. The molecule has 0 atom stereocenters. The Balaban J connectivity index is 0.000000329. The summed E-state index contributed by atoms with van der Waals surface area (Å²) in [6, 6.07) is 37.1. The van der Waals surface area contributed by atoms with Crippen LogP contribution in [0.4, 0.5) is 13.2 Å². The molecular weight excluding hydrogens is 904 g/mol. The van der Waals surface area contributed by atoms with Crippen LogP contribution in [0.15, 0.2) is 97.1 Å². The first-order valence-corrected chi connectivity index (χ1v) is 33.2. The molecule has 6 rings (SSSR count). The van der Waals surface area contributed by atoms with Crippen molar-refractivity contribution >= 4 is 53.5 Å². The summed E-state index contributed by atoms with van der Waals surface area (Å²) in [5.74, 6) is 0. The molecule has 0 fully saturated rings. The summed E-state index contributed by atoms with van der Waals surface area (Å²) >= 11 is 1.29. The normalized spacial score (nSPS) is 12.2. The third-order valence-corrected chi connectivity index (χ3v) is 17.8. The number of aryl methyl sites for hydroxylation is 2. The van der Waals surface area contributed by atoms with Gasteiger partial charge in [-0.15, -0.1) is 69.1 Å². The Bertz CT molecular complexity index is 2150. The second-order valence-electron chi connectivity index (χ2n) is 20.0. The standard InChI is InChI=1S/2C23H29Si.C4H7F3Si.2ClH.Zr/c2*1-16-21(23(2,3)4)15-18-9-8-10-20(22(16)18)17-11-13-19(14-12-17)24(5,6)7;1-8-3-2-4(5,6)7;;;/h2*8-15H,1-7H3;2-3H2,1H3;2*1H;/q2*-1;;;;+2/p-2. The number of rotatable bonds is 6. The van der Waals surface area contributed by atoms with Crippen molar-refractivity contribution in [1.82, 2.24) is 0 Å². The minimum atomic E-state index is -3.93. The fourth-order valence-corrected chi connectivity index (χ4v) is 11.6. The molecule has 0 nitrogen and oxygen atoms in total. The van der Waals surface area contributed by atoms with Crippen molar-refractivity contribution in [1.29, 1.82) is 0 Å². The van der Waals surface area contributed by atoms with Gasteiger partial charge in [0.25, 0.3) is 0 Å². The molecule has 0 aliphatic carbocycles. The molecule has 0 unspecified atom stereocenters. The predicted molar refractivity (Wildman–Crippen MR) is 250 cm³/mol. The Kier molecular flexibility index (Phi) is 18.4. The molecule has 0 saturated carbocycles. The van der Waals surface area contributed by atoms with Crippen LogP contribution in [0, 0.1) is 13.8 Å². The number of hydrogen-bond donors (Lipinski definition) is 0. The van der Waals surface area contributed by atoms with Crippen LogP contribution < -0.4 is 35.2 Å². The quantitative estimate of drug-likeness (QED) is 0.116. The Morgan fingerprint density at radius 2 is 0.881 bits per heavy atom. The SMILES string of the molecule is C[Si](=[Zr+2])CCC(F)(F)F.Cc1c(C(C)(C)C)[cH-]c2cccc(-c3ccc([Si](C)(C)C)cc3)c12.Cc1c(C(C)(C)C)[cH-]c2cccc(-c3ccc([Si](C)(C)C)cc3)c12.[Cl-].[Cl-]. The van der Waals surface area contributed by atoms with Crippen LogP contribution >= 0.6 is 0 Å². The van der Waals surface area contributed by atoms with Gasteiger partial charge in [-0.05, 0) is 22.0 Å². The molecule has 0 aliphatic rings. The van der Waals surface area contributed by atoms with E-state index in [0.29, 0.717) is 6.04 Å². The van der Waals surface area contributed by atoms with Gasteiger partial charge in [0.2, 0.25) is 0 Å². The van der Waals surface area contributed by atoms with Crippen molar-refractivity contribution in [3.63, 3.8) is 0 Å². The largest absolute Gasteiger partial charge is 1.00 e. The van der Waals surface area contributed by atoms with Gasteiger partial charge in [0, 0.05) is 0 Å². The number of alkyl halides is 3. The zero-order chi connectivity index (χ0) is 42.9. The van der Waals surface area contributed by atoms with Gasteiger partial charge in [0.15, 0.2) is 0 Å². The smallest absolute Gasteiger partial charge is 0.0775 e. The maximum Gasteiger partial charge on any atom is 0.0775 e. The zero-order valence-corrected chi connectivity index (χ0v) is 45.0. The number of benzene rings is 4. The minimum Gasteiger partial charge on any atom is -1.00 e. The van der Waals surface area contributed by atoms with Gasteiger partial charge in [-0.25, -0.2) is 0 Å². The fraction of sp³-hybridized carbons (Fsp3) is 0.400. The van der Waals surface area contributed by atoms with Crippen molar-refractivity contribution in [2.75, 3.05) is 0 Å². The number of fused-ring (bicyclic) bond motifs is 2. The molecule has 0 N–H and O–H groups in total. The van der Waals surface area contributed by atoms with Crippen LogP contribution in [-0.4, -0.2) is 27.8 Å². The van der Waals surface area contributed by atoms with Gasteiger partial charge in [-0.1, -0.05) is 177 Å². The van der Waals surface area contributed by atoms with Crippen LogP contribution in [0.5, 0.6) is 0 Å². The van der Waals surface area contributed by atoms with Crippen molar-refractivity contribution in [3.05, 3.63) is 119 Å². The van der Waals surface area contributed by atoms with Crippen LogP contribution in [0.25, 0.3) is 43.8 Å². The first kappa shape index (κ1) is 53.1. The van der Waals surface area contributed by atoms with Gasteiger partial charge < -0.3 is 24.8 Å². The molecule has 0 radical (unpaired) electrons. The Morgan fingerprint density at radius 1 is 0.559 bits per heavy atom. The van der Waals surface area contributed by atoms with Crippen molar-refractivity contribution < 1.29 is 61.3 Å². The molecule has 0 aromatic heterocycles. The number of halogens is 5. The van der Waals surface area contributed by atoms with Gasteiger partial charge in [0.05, 0.1) is 16.1 Å². The fourth-order valence-electron chi connectivity index (χ4n) is 7.68. The second kappa shape index (κ2) is 20.5. The molecule has 9 heteroatoms. The van der Waals surface area contributed by atoms with E-state index in [1.54, 1.807) is 0 Å². The van der Waals surface area contributed by atoms with E-state index in [1.165, 1.54) is 99.8 Å². The Morgan fingerprint density at radius 3 is 1.12 bits per heavy atom. The van der Waals surface area contributed by atoms with Gasteiger partial charge >= 0.3 is 67.1 Å². The second-order valence-corrected chi connectivity index (χ2v) is 38.5. The Hall–Kier alpha value is -2.00. The third-order valence-electron chi connectivity index (χ3n) is 10.9. The number of hydrogen-bond acceptors (Lipinski definition) is 0. The zero-order valence-electron chi connectivity index (χ0n) is 38.0. The molecule has 0 saturated heterocycles. The topological polar surface area (TPSA) is 0 Å². The van der Waals surface area contributed by atoms with Crippen LogP contribution in [0.3, 0.4) is 0 Å². The monoisotopic (exact) mass is 966 g/mol. The molecule has 0 aliphatic heterocycles. The summed E-state index contributed by atoms with van der Waals surface area (Å²) in [5, 5.41) is 8.61. The molecule has 0 amide bonds. The maximum atomic E-state index is 11.4. The molecule has 59 heavy (non-hydrogen) atoms. The third kappa shape index (κ3) is 14.0. The van der Waals surface area contributed by atoms with Gasteiger partial charge in [0.1, 0.15) is 0 Å². The van der Waals surface area contributed by atoms with E-state index in [-0.39, 0.29) is 35.6 Å². The molecule has 0 bridgehead atoms. The molecule has 318 valence electrons. The maximum absolute atomic E-state index is 11.4. The molecular formula is C50H65Cl2F3Si3Zr-2. The minimum absolute atomic E-state index is 0. The van der Waals surface area contributed by atoms with E-state index in [4.69, 9.17) is 0 Å². The van der Waals surface area contributed by atoms with E-state index in [0.717, 1.165) is 0 Å². The first-order valence-electron chi connectivity index (χ1n) is 20.3. The van der Waals surface area contributed by atoms with E-state index < -0.39 is 34.2 Å². The average Bonchev–Trinajstić information content (AvgIpc) is 3.64. The summed E-state index contributed by atoms with van der Waals surface area (Å²) in [6.45, 7) is 34.7. The summed E-state index contributed by atoms with van der Waals surface area (Å²) in [6.07, 6.45) is -4.51. The average molecular weight is 969 g/mol. The molecule has 0 heterocycles. The van der Waals surface area contributed by atoms with E-state index in [9.17, 15) is 13.2 Å². The van der Waals surface area contributed by atoms with E-state index >= 15 is 0 Å². The molecule has 6 aromatic rings. The van der Waals surface area contributed by atoms with E-state index in [1.807, 2.05) is 6.55 Å². The Labute approximate surface area is 384 Å².